The Kier molecular flexibility index (Phi) is 6.74. The van der Waals surface area contributed by atoms with Gasteiger partial charge >= 0.3 is 0 Å². The van der Waals surface area contributed by atoms with E-state index in [0.29, 0.717) is 23.2 Å². The van der Waals surface area contributed by atoms with E-state index in [1.54, 1.807) is 0 Å². The van der Waals surface area contributed by atoms with Crippen molar-refractivity contribution in [3.63, 3.8) is 0 Å². The first-order chi connectivity index (χ1) is 16.1. The summed E-state index contributed by atoms with van der Waals surface area (Å²) in [6.45, 7) is 2.81. The highest BCUT2D eigenvalue weighted by atomic mass is 35.5. The first-order valence-electron chi connectivity index (χ1n) is 11.7. The van der Waals surface area contributed by atoms with Crippen LogP contribution < -0.4 is 5.32 Å². The quantitative estimate of drug-likeness (QED) is 0.421. The number of hydrogen-bond donors (Lipinski definition) is 1. The molecule has 1 N–H and O–H groups in total. The maximum absolute atomic E-state index is 12.8. The normalized spacial score (nSPS) is 22.4. The van der Waals surface area contributed by atoms with Crippen molar-refractivity contribution < 1.29 is 4.79 Å². The van der Waals surface area contributed by atoms with Gasteiger partial charge in [0.25, 0.3) is 0 Å². The van der Waals surface area contributed by atoms with Gasteiger partial charge in [-0.05, 0) is 73.8 Å². The second-order valence-corrected chi connectivity index (χ2v) is 10.7. The predicted molar refractivity (Wildman–Crippen MR) is 133 cm³/mol. The lowest BCUT2D eigenvalue weighted by Crippen LogP contribution is -2.40. The smallest absolute Gasteiger partial charge is 0.230 e. The molecule has 1 aromatic heterocycles. The van der Waals surface area contributed by atoms with Crippen LogP contribution in [0.15, 0.2) is 59.8 Å². The highest BCUT2D eigenvalue weighted by molar-refractivity contribution is 7.99. The maximum Gasteiger partial charge on any atom is 0.230 e. The van der Waals surface area contributed by atoms with Gasteiger partial charge in [-0.25, -0.2) is 0 Å². The fourth-order valence-corrected chi connectivity index (χ4v) is 6.43. The molecular formula is C26H29ClN4OS. The van der Waals surface area contributed by atoms with E-state index in [1.165, 1.54) is 37.4 Å². The minimum atomic E-state index is 0.0672. The van der Waals surface area contributed by atoms with E-state index in [9.17, 15) is 4.79 Å². The third kappa shape index (κ3) is 5.12. The van der Waals surface area contributed by atoms with Crippen LogP contribution in [0.1, 0.15) is 38.2 Å². The van der Waals surface area contributed by atoms with Gasteiger partial charge in [0.05, 0.1) is 12.3 Å². The van der Waals surface area contributed by atoms with Gasteiger partial charge < -0.3 is 5.32 Å². The summed E-state index contributed by atoms with van der Waals surface area (Å²) in [7, 11) is 0. The average molecular weight is 481 g/mol. The van der Waals surface area contributed by atoms with Gasteiger partial charge in [0.15, 0.2) is 11.0 Å². The van der Waals surface area contributed by atoms with E-state index < -0.39 is 0 Å². The molecule has 2 saturated carbocycles. The molecule has 33 heavy (non-hydrogen) atoms. The van der Waals surface area contributed by atoms with Crippen LogP contribution in [0.3, 0.4) is 0 Å². The summed E-state index contributed by atoms with van der Waals surface area (Å²) in [5, 5.41) is 13.6. The summed E-state index contributed by atoms with van der Waals surface area (Å²) < 4.78 is 2.08. The van der Waals surface area contributed by atoms with Gasteiger partial charge in [0.1, 0.15) is 0 Å². The van der Waals surface area contributed by atoms with Gasteiger partial charge in [0, 0.05) is 16.6 Å². The molecule has 2 bridgehead atoms. The van der Waals surface area contributed by atoms with E-state index >= 15 is 0 Å². The highest BCUT2D eigenvalue weighted by Gasteiger charge is 2.42. The van der Waals surface area contributed by atoms with Crippen LogP contribution in [0, 0.1) is 17.8 Å². The molecule has 1 heterocycles. The molecule has 5 nitrogen and oxygen atoms in total. The first kappa shape index (κ1) is 22.5. The molecule has 5 rings (SSSR count). The van der Waals surface area contributed by atoms with Gasteiger partial charge in [-0.3, -0.25) is 9.36 Å². The molecule has 0 unspecified atom stereocenters. The number of benzene rings is 2. The number of aromatic nitrogens is 3. The van der Waals surface area contributed by atoms with E-state index in [4.69, 9.17) is 11.6 Å². The molecule has 2 fully saturated rings. The van der Waals surface area contributed by atoms with Gasteiger partial charge in [0.2, 0.25) is 5.91 Å². The number of thioether (sulfide) groups is 1. The number of hydrogen-bond acceptors (Lipinski definition) is 4. The summed E-state index contributed by atoms with van der Waals surface area (Å²) in [6.07, 6.45) is 5.34. The molecule has 172 valence electrons. The molecule has 4 atom stereocenters. The number of fused-ring (bicyclic) bond motifs is 2. The van der Waals surface area contributed by atoms with Crippen molar-refractivity contribution >= 4 is 29.3 Å². The van der Waals surface area contributed by atoms with Crippen LogP contribution >= 0.6 is 23.4 Å². The minimum Gasteiger partial charge on any atom is -0.353 e. The molecule has 2 aromatic carbocycles. The molecule has 0 saturated heterocycles. The molecule has 3 aromatic rings. The molecule has 0 radical (unpaired) electrons. The van der Waals surface area contributed by atoms with Crippen LogP contribution in [0.25, 0.3) is 11.4 Å². The van der Waals surface area contributed by atoms with E-state index in [1.807, 2.05) is 42.5 Å². The molecule has 0 aliphatic heterocycles. The number of nitrogens with zero attached hydrogens (tertiary/aromatic N) is 3. The molecule has 2 aliphatic carbocycles. The van der Waals surface area contributed by atoms with Crippen molar-refractivity contribution in [2.75, 3.05) is 5.75 Å². The number of carbonyl (C=O) groups excluding carboxylic acids is 1. The third-order valence-corrected chi connectivity index (χ3v) is 8.38. The Morgan fingerprint density at radius 3 is 2.61 bits per heavy atom. The first-order valence-corrected chi connectivity index (χ1v) is 13.1. The number of halogens is 1. The van der Waals surface area contributed by atoms with E-state index in [2.05, 4.69) is 39.1 Å². The summed E-state index contributed by atoms with van der Waals surface area (Å²) in [6, 6.07) is 18.1. The monoisotopic (exact) mass is 480 g/mol. The average Bonchev–Trinajstić information content (AvgIpc) is 3.55. The van der Waals surface area contributed by atoms with Crippen molar-refractivity contribution in [1.82, 2.24) is 20.1 Å². The van der Waals surface area contributed by atoms with Crippen molar-refractivity contribution in [2.45, 2.75) is 50.4 Å². The van der Waals surface area contributed by atoms with Crippen molar-refractivity contribution in [1.29, 1.82) is 0 Å². The summed E-state index contributed by atoms with van der Waals surface area (Å²) in [5.41, 5.74) is 2.10. The Morgan fingerprint density at radius 1 is 1.12 bits per heavy atom. The highest BCUT2D eigenvalue weighted by Crippen LogP contribution is 2.49. The second kappa shape index (κ2) is 9.90. The van der Waals surface area contributed by atoms with Gasteiger partial charge in [-0.1, -0.05) is 60.1 Å². The van der Waals surface area contributed by atoms with E-state index in [-0.39, 0.29) is 11.9 Å². The molecule has 2 aliphatic rings. The lowest BCUT2D eigenvalue weighted by Gasteiger charge is -2.28. The third-order valence-electron chi connectivity index (χ3n) is 7.16. The Hall–Kier alpha value is -2.31. The zero-order valence-corrected chi connectivity index (χ0v) is 20.4. The zero-order valence-electron chi connectivity index (χ0n) is 18.8. The largest absolute Gasteiger partial charge is 0.353 e. The van der Waals surface area contributed by atoms with Crippen LogP contribution in [-0.4, -0.2) is 32.5 Å². The summed E-state index contributed by atoms with van der Waals surface area (Å²) in [4.78, 5) is 12.8. The van der Waals surface area contributed by atoms with E-state index in [0.717, 1.165) is 33.9 Å². The predicted octanol–water partition coefficient (Wildman–Crippen LogP) is 5.68. The zero-order chi connectivity index (χ0) is 22.8. The topological polar surface area (TPSA) is 59.8 Å². The van der Waals surface area contributed by atoms with Crippen LogP contribution in [0.5, 0.6) is 0 Å². The van der Waals surface area contributed by atoms with Crippen molar-refractivity contribution in [3.8, 4) is 11.4 Å². The molecular weight excluding hydrogens is 452 g/mol. The number of rotatable bonds is 8. The Bertz CT molecular complexity index is 1100. The van der Waals surface area contributed by atoms with Gasteiger partial charge in [-0.15, -0.1) is 10.2 Å². The van der Waals surface area contributed by atoms with Crippen molar-refractivity contribution in [2.24, 2.45) is 17.8 Å². The molecule has 7 heteroatoms. The van der Waals surface area contributed by atoms with Crippen LogP contribution in [0.2, 0.25) is 5.02 Å². The van der Waals surface area contributed by atoms with Crippen LogP contribution in [0.4, 0.5) is 0 Å². The fraction of sp³-hybridized carbons (Fsp3) is 0.423. The number of amides is 1. The lowest BCUT2D eigenvalue weighted by molar-refractivity contribution is -0.119. The van der Waals surface area contributed by atoms with Crippen molar-refractivity contribution in [3.05, 3.63) is 65.2 Å². The fourth-order valence-electron chi connectivity index (χ4n) is 5.56. The standard InChI is InChI=1S/C26H29ClN4OS/c1-17(23-14-19-7-8-21(23)13-19)28-24(32)16-33-26-30-29-25(20-9-11-22(27)12-10-20)31(26)15-18-5-3-2-4-6-18/h2-6,9-12,17,19,21,23H,7-8,13-16H2,1H3,(H,28,32)/t17-,19+,21+,23-/m1/s1. The Morgan fingerprint density at radius 2 is 1.91 bits per heavy atom. The lowest BCUT2D eigenvalue weighted by atomic mass is 9.84. The molecule has 1 amide bonds. The van der Waals surface area contributed by atoms with Crippen LogP contribution in [-0.2, 0) is 11.3 Å². The van der Waals surface area contributed by atoms with Gasteiger partial charge in [-0.2, -0.15) is 0 Å². The SMILES string of the molecule is C[C@@H](NC(=O)CSc1nnc(-c2ccc(Cl)cc2)n1Cc1ccccc1)[C@H]1C[C@H]2CC[C@H]1C2. The summed E-state index contributed by atoms with van der Waals surface area (Å²) >= 11 is 7.52. The second-order valence-electron chi connectivity index (χ2n) is 9.37. The molecule has 0 spiro atoms. The Balaban J connectivity index is 1.28. The number of carbonyl (C=O) groups is 1. The maximum atomic E-state index is 12.8. The minimum absolute atomic E-state index is 0.0672. The Labute approximate surface area is 204 Å². The summed E-state index contributed by atoms with van der Waals surface area (Å²) in [5.74, 6) is 3.49. The number of nitrogens with one attached hydrogen (secondary N) is 1.